The number of thioether (sulfide) groups is 1. The summed E-state index contributed by atoms with van der Waals surface area (Å²) >= 11 is 1.90. The van der Waals surface area contributed by atoms with Crippen molar-refractivity contribution in [2.75, 3.05) is 29.6 Å². The Morgan fingerprint density at radius 3 is 2.77 bits per heavy atom. The van der Waals surface area contributed by atoms with Gasteiger partial charge in [-0.3, -0.25) is 0 Å². The van der Waals surface area contributed by atoms with E-state index in [4.69, 9.17) is 4.74 Å². The Balaban J connectivity index is 2.15. The molecule has 1 saturated heterocycles. The molecule has 1 aliphatic rings. The molecule has 0 saturated carbocycles. The molecule has 1 heterocycles. The van der Waals surface area contributed by atoms with Gasteiger partial charge in [0, 0.05) is 5.75 Å². The lowest BCUT2D eigenvalue weighted by Crippen LogP contribution is -2.11. The lowest BCUT2D eigenvalue weighted by atomic mass is 10.5. The summed E-state index contributed by atoms with van der Waals surface area (Å²) in [6.45, 7) is 5.48. The van der Waals surface area contributed by atoms with Crippen LogP contribution in [0.1, 0.15) is 13.8 Å². The van der Waals surface area contributed by atoms with Gasteiger partial charge in [-0.25, -0.2) is 0 Å². The summed E-state index contributed by atoms with van der Waals surface area (Å²) in [5.41, 5.74) is 0.346. The molecular formula is C10H19OS2+. The molecule has 1 fully saturated rings. The number of hydrogen-bond acceptors (Lipinski definition) is 2. The summed E-state index contributed by atoms with van der Waals surface area (Å²) in [5.74, 6) is 5.04. The topological polar surface area (TPSA) is 9.23 Å². The first-order valence-corrected chi connectivity index (χ1v) is 7.68. The van der Waals surface area contributed by atoms with Crippen LogP contribution in [0.3, 0.4) is 0 Å². The van der Waals surface area contributed by atoms with Gasteiger partial charge in [-0.1, -0.05) is 0 Å². The van der Waals surface area contributed by atoms with Gasteiger partial charge in [0.2, 0.25) is 0 Å². The Morgan fingerprint density at radius 2 is 2.23 bits per heavy atom. The van der Waals surface area contributed by atoms with Gasteiger partial charge in [-0.05, 0) is 36.9 Å². The molecule has 1 nitrogen and oxygen atoms in total. The first-order valence-electron chi connectivity index (χ1n) is 4.90. The molecule has 0 aromatic heterocycles. The largest absolute Gasteiger partial charge is 0.363 e. The van der Waals surface area contributed by atoms with Gasteiger partial charge >= 0.3 is 0 Å². The second-order valence-corrected chi connectivity index (χ2v) is 6.81. The monoisotopic (exact) mass is 219 g/mol. The Hall–Kier alpha value is 0.400. The highest BCUT2D eigenvalue weighted by molar-refractivity contribution is 8.00. The lowest BCUT2D eigenvalue weighted by Gasteiger charge is -2.02. The van der Waals surface area contributed by atoms with E-state index < -0.39 is 0 Å². The maximum absolute atomic E-state index is 5.48. The number of rotatable bonds is 5. The maximum Gasteiger partial charge on any atom is 0.126 e. The summed E-state index contributed by atoms with van der Waals surface area (Å²) in [5, 5.41) is 0. The molecular weight excluding hydrogens is 200 g/mol. The normalized spacial score (nSPS) is 23.5. The molecule has 1 atom stereocenters. The summed E-state index contributed by atoms with van der Waals surface area (Å²) < 4.78 is 5.48. The van der Waals surface area contributed by atoms with Crippen molar-refractivity contribution in [1.29, 1.82) is 0 Å². The Morgan fingerprint density at radius 1 is 1.46 bits per heavy atom. The van der Waals surface area contributed by atoms with Gasteiger partial charge in [0.15, 0.2) is 0 Å². The van der Waals surface area contributed by atoms with E-state index in [0.717, 1.165) is 12.4 Å². The molecule has 0 N–H and O–H groups in total. The summed E-state index contributed by atoms with van der Waals surface area (Å²) in [7, 11) is 0.610. The van der Waals surface area contributed by atoms with Crippen LogP contribution in [-0.2, 0) is 15.6 Å². The van der Waals surface area contributed by atoms with Crippen molar-refractivity contribution in [2.24, 2.45) is 0 Å². The maximum atomic E-state index is 5.48. The second kappa shape index (κ2) is 6.80. The molecule has 0 bridgehead atoms. The predicted molar refractivity (Wildman–Crippen MR) is 64.7 cm³/mol. The molecule has 0 aromatic rings. The zero-order valence-corrected chi connectivity index (χ0v) is 10.1. The molecule has 1 unspecified atom stereocenters. The van der Waals surface area contributed by atoms with E-state index in [1.807, 2.05) is 11.8 Å². The SMILES string of the molecule is CC[S+](CC)C/C=C/C1OCCS1. The van der Waals surface area contributed by atoms with Gasteiger partial charge in [0.25, 0.3) is 0 Å². The van der Waals surface area contributed by atoms with Crippen LogP contribution in [0.15, 0.2) is 12.2 Å². The minimum atomic E-state index is 0.346. The van der Waals surface area contributed by atoms with Crippen molar-refractivity contribution in [2.45, 2.75) is 19.3 Å². The smallest absolute Gasteiger partial charge is 0.126 e. The zero-order valence-electron chi connectivity index (χ0n) is 8.49. The average Bonchev–Trinajstić information content (AvgIpc) is 2.65. The minimum Gasteiger partial charge on any atom is -0.363 e. The van der Waals surface area contributed by atoms with Gasteiger partial charge in [0.05, 0.1) is 6.61 Å². The van der Waals surface area contributed by atoms with E-state index in [1.54, 1.807) is 0 Å². The first-order chi connectivity index (χ1) is 6.36. The molecule has 0 spiro atoms. The van der Waals surface area contributed by atoms with Gasteiger partial charge in [-0.15, -0.1) is 11.8 Å². The van der Waals surface area contributed by atoms with Crippen LogP contribution in [-0.4, -0.2) is 35.1 Å². The summed E-state index contributed by atoms with van der Waals surface area (Å²) in [6, 6.07) is 0. The molecule has 3 heteroatoms. The molecule has 1 rings (SSSR count). The minimum absolute atomic E-state index is 0.346. The standard InChI is InChI=1S/C10H19OS2/c1-3-13(4-2)9-5-6-10-11-7-8-12-10/h5-6,10H,3-4,7-9H2,1-2H3/q+1/b6-5+. The van der Waals surface area contributed by atoms with Crippen LogP contribution < -0.4 is 0 Å². The second-order valence-electron chi connectivity index (χ2n) is 2.89. The number of hydrogen-bond donors (Lipinski definition) is 0. The molecule has 1 aliphatic heterocycles. The highest BCUT2D eigenvalue weighted by atomic mass is 32.2. The Bertz CT molecular complexity index is 149. The van der Waals surface area contributed by atoms with E-state index in [-0.39, 0.29) is 0 Å². The van der Waals surface area contributed by atoms with Crippen LogP contribution in [0.25, 0.3) is 0 Å². The van der Waals surface area contributed by atoms with Gasteiger partial charge in [-0.2, -0.15) is 0 Å². The van der Waals surface area contributed by atoms with Crippen molar-refractivity contribution in [3.8, 4) is 0 Å². The van der Waals surface area contributed by atoms with E-state index in [9.17, 15) is 0 Å². The highest BCUT2D eigenvalue weighted by Crippen LogP contribution is 2.20. The summed E-state index contributed by atoms with van der Waals surface area (Å²) in [4.78, 5) is 0. The Kier molecular flexibility index (Phi) is 6.00. The summed E-state index contributed by atoms with van der Waals surface area (Å²) in [6.07, 6.45) is 4.53. The molecule has 0 amide bonds. The fraction of sp³-hybridized carbons (Fsp3) is 0.800. The molecule has 0 aromatic carbocycles. The molecule has 76 valence electrons. The van der Waals surface area contributed by atoms with Crippen molar-refractivity contribution in [3.63, 3.8) is 0 Å². The third-order valence-electron chi connectivity index (χ3n) is 2.09. The third-order valence-corrected chi connectivity index (χ3v) is 5.41. The highest BCUT2D eigenvalue weighted by Gasteiger charge is 2.13. The fourth-order valence-electron chi connectivity index (χ4n) is 1.23. The van der Waals surface area contributed by atoms with Gasteiger partial charge in [0.1, 0.15) is 22.7 Å². The van der Waals surface area contributed by atoms with E-state index in [1.165, 1.54) is 17.3 Å². The van der Waals surface area contributed by atoms with Crippen molar-refractivity contribution in [3.05, 3.63) is 12.2 Å². The fourth-order valence-corrected chi connectivity index (χ4v) is 3.33. The average molecular weight is 219 g/mol. The van der Waals surface area contributed by atoms with E-state index in [0.29, 0.717) is 16.3 Å². The van der Waals surface area contributed by atoms with Crippen LogP contribution in [0, 0.1) is 0 Å². The van der Waals surface area contributed by atoms with Crippen LogP contribution >= 0.6 is 11.8 Å². The Labute approximate surface area is 88.7 Å². The van der Waals surface area contributed by atoms with Crippen LogP contribution in [0.4, 0.5) is 0 Å². The first kappa shape index (κ1) is 11.5. The quantitative estimate of drug-likeness (QED) is 0.518. The third kappa shape index (κ3) is 4.43. The molecule has 13 heavy (non-hydrogen) atoms. The zero-order chi connectivity index (χ0) is 9.52. The van der Waals surface area contributed by atoms with E-state index in [2.05, 4.69) is 26.0 Å². The molecule has 0 aliphatic carbocycles. The predicted octanol–water partition coefficient (Wildman–Crippen LogP) is 2.29. The van der Waals surface area contributed by atoms with E-state index >= 15 is 0 Å². The van der Waals surface area contributed by atoms with Crippen LogP contribution in [0.2, 0.25) is 0 Å². The van der Waals surface area contributed by atoms with Crippen LogP contribution in [0.5, 0.6) is 0 Å². The van der Waals surface area contributed by atoms with Crippen molar-refractivity contribution >= 4 is 22.7 Å². The van der Waals surface area contributed by atoms with Crippen molar-refractivity contribution < 1.29 is 4.74 Å². The lowest BCUT2D eigenvalue weighted by molar-refractivity contribution is 0.173. The number of ether oxygens (including phenoxy) is 1. The van der Waals surface area contributed by atoms with Crippen molar-refractivity contribution in [1.82, 2.24) is 0 Å². The molecule has 0 radical (unpaired) electrons. The van der Waals surface area contributed by atoms with Gasteiger partial charge < -0.3 is 4.74 Å².